The zero-order chi connectivity index (χ0) is 15.9. The lowest BCUT2D eigenvalue weighted by Gasteiger charge is -2.16. The largest absolute Gasteiger partial charge is 0.453 e. The van der Waals surface area contributed by atoms with E-state index in [2.05, 4.69) is 11.9 Å². The highest BCUT2D eigenvalue weighted by Crippen LogP contribution is 2.22. The number of hydrogen-bond donors (Lipinski definition) is 0. The van der Waals surface area contributed by atoms with Crippen LogP contribution >= 0.6 is 0 Å². The normalized spacial score (nSPS) is 12.0. The van der Waals surface area contributed by atoms with Gasteiger partial charge in [-0.3, -0.25) is 0 Å². The van der Waals surface area contributed by atoms with Crippen LogP contribution in [0.25, 0.3) is 0 Å². The third kappa shape index (κ3) is 4.17. The van der Waals surface area contributed by atoms with E-state index in [0.29, 0.717) is 5.69 Å². The molecule has 0 aliphatic heterocycles. The first-order valence-electron chi connectivity index (χ1n) is 7.86. The summed E-state index contributed by atoms with van der Waals surface area (Å²) in [6, 6.07) is 11.8. The molecule has 1 atom stereocenters. The predicted molar refractivity (Wildman–Crippen MR) is 87.9 cm³/mol. The van der Waals surface area contributed by atoms with Crippen LogP contribution in [0, 0.1) is 6.92 Å². The van der Waals surface area contributed by atoms with E-state index in [-0.39, 0.29) is 12.1 Å². The van der Waals surface area contributed by atoms with Crippen LogP contribution in [0.5, 0.6) is 0 Å². The molecule has 0 N–H and O–H groups in total. The number of pyridine rings is 1. The van der Waals surface area contributed by atoms with Gasteiger partial charge >= 0.3 is 5.97 Å². The van der Waals surface area contributed by atoms with Gasteiger partial charge in [-0.1, -0.05) is 56.2 Å². The Labute approximate surface area is 132 Å². The lowest BCUT2D eigenvalue weighted by Crippen LogP contribution is -2.12. The molecule has 0 bridgehead atoms. The summed E-state index contributed by atoms with van der Waals surface area (Å²) in [5.74, 6) is -0.365. The number of esters is 1. The van der Waals surface area contributed by atoms with Gasteiger partial charge in [-0.05, 0) is 37.0 Å². The molecule has 0 saturated heterocycles. The van der Waals surface area contributed by atoms with Gasteiger partial charge in [0.2, 0.25) is 0 Å². The highest BCUT2D eigenvalue weighted by Gasteiger charge is 2.17. The zero-order valence-corrected chi connectivity index (χ0v) is 13.5. The van der Waals surface area contributed by atoms with Gasteiger partial charge in [0, 0.05) is 6.20 Å². The first-order valence-corrected chi connectivity index (χ1v) is 7.86. The van der Waals surface area contributed by atoms with Crippen molar-refractivity contribution >= 4 is 5.97 Å². The van der Waals surface area contributed by atoms with Crippen molar-refractivity contribution in [3.63, 3.8) is 0 Å². The van der Waals surface area contributed by atoms with Crippen LogP contribution in [0.15, 0.2) is 42.6 Å². The Hall–Kier alpha value is -2.16. The highest BCUT2D eigenvalue weighted by atomic mass is 16.5. The minimum atomic E-state index is -0.365. The Morgan fingerprint density at radius 3 is 2.41 bits per heavy atom. The molecule has 1 aromatic carbocycles. The average Bonchev–Trinajstić information content (AvgIpc) is 2.54. The Morgan fingerprint density at radius 1 is 1.14 bits per heavy atom. The second-order valence-corrected chi connectivity index (χ2v) is 5.51. The van der Waals surface area contributed by atoms with Gasteiger partial charge in [0.1, 0.15) is 11.8 Å². The van der Waals surface area contributed by atoms with Crippen LogP contribution in [0.4, 0.5) is 0 Å². The van der Waals surface area contributed by atoms with Gasteiger partial charge in [0.05, 0.1) is 0 Å². The standard InChI is InChI=1S/C19H23NO2/c1-4-6-15-9-12-17(20-13-15)19(21)22-18(5-2)16-10-7-14(3)8-11-16/h7-13,18H,4-6H2,1-3H3. The second-order valence-electron chi connectivity index (χ2n) is 5.51. The van der Waals surface area contributed by atoms with Gasteiger partial charge in [0.15, 0.2) is 0 Å². The number of nitrogens with zero attached hydrogens (tertiary/aromatic N) is 1. The molecule has 116 valence electrons. The van der Waals surface area contributed by atoms with Crippen molar-refractivity contribution in [2.45, 2.75) is 46.1 Å². The number of carbonyl (C=O) groups excluding carboxylic acids is 1. The van der Waals surface area contributed by atoms with Crippen molar-refractivity contribution in [2.75, 3.05) is 0 Å². The topological polar surface area (TPSA) is 39.2 Å². The molecule has 22 heavy (non-hydrogen) atoms. The summed E-state index contributed by atoms with van der Waals surface area (Å²) in [5.41, 5.74) is 3.72. The van der Waals surface area contributed by atoms with Crippen molar-refractivity contribution in [3.8, 4) is 0 Å². The van der Waals surface area contributed by atoms with Crippen molar-refractivity contribution in [1.82, 2.24) is 4.98 Å². The predicted octanol–water partition coefficient (Wildman–Crippen LogP) is 4.65. The molecular weight excluding hydrogens is 274 g/mol. The lowest BCUT2D eigenvalue weighted by atomic mass is 10.1. The molecule has 1 unspecified atom stereocenters. The zero-order valence-electron chi connectivity index (χ0n) is 13.5. The Balaban J connectivity index is 2.06. The molecular formula is C19H23NO2. The summed E-state index contributed by atoms with van der Waals surface area (Å²) in [7, 11) is 0. The third-order valence-corrected chi connectivity index (χ3v) is 3.64. The molecule has 0 amide bonds. The summed E-state index contributed by atoms with van der Waals surface area (Å²) in [6.07, 6.45) is 4.31. The first kappa shape index (κ1) is 16.2. The second kappa shape index (κ2) is 7.74. The molecule has 2 aromatic rings. The van der Waals surface area contributed by atoms with E-state index in [1.54, 1.807) is 12.3 Å². The van der Waals surface area contributed by atoms with Crippen molar-refractivity contribution < 1.29 is 9.53 Å². The van der Waals surface area contributed by atoms with Crippen LogP contribution in [-0.4, -0.2) is 11.0 Å². The average molecular weight is 297 g/mol. The van der Waals surface area contributed by atoms with Crippen LogP contribution in [0.3, 0.4) is 0 Å². The molecule has 0 radical (unpaired) electrons. The van der Waals surface area contributed by atoms with Crippen molar-refractivity contribution in [1.29, 1.82) is 0 Å². The van der Waals surface area contributed by atoms with E-state index in [1.807, 2.05) is 44.2 Å². The number of aryl methyl sites for hydroxylation is 2. The summed E-state index contributed by atoms with van der Waals surface area (Å²) in [5, 5.41) is 0. The molecule has 0 aliphatic rings. The number of rotatable bonds is 6. The molecule has 1 heterocycles. The van der Waals surface area contributed by atoms with Crippen LogP contribution in [-0.2, 0) is 11.2 Å². The summed E-state index contributed by atoms with van der Waals surface area (Å²) < 4.78 is 5.61. The summed E-state index contributed by atoms with van der Waals surface area (Å²) in [4.78, 5) is 16.5. The Morgan fingerprint density at radius 2 is 1.86 bits per heavy atom. The number of aromatic nitrogens is 1. The maximum absolute atomic E-state index is 12.2. The molecule has 3 heteroatoms. The van der Waals surface area contributed by atoms with Crippen LogP contribution in [0.2, 0.25) is 0 Å². The summed E-state index contributed by atoms with van der Waals surface area (Å²) >= 11 is 0. The van der Waals surface area contributed by atoms with E-state index >= 15 is 0 Å². The summed E-state index contributed by atoms with van der Waals surface area (Å²) in [6.45, 7) is 6.17. The van der Waals surface area contributed by atoms with Gasteiger partial charge in [-0.25, -0.2) is 9.78 Å². The molecule has 3 nitrogen and oxygen atoms in total. The van der Waals surface area contributed by atoms with Crippen LogP contribution < -0.4 is 0 Å². The minimum Gasteiger partial charge on any atom is -0.453 e. The fraction of sp³-hybridized carbons (Fsp3) is 0.368. The number of hydrogen-bond acceptors (Lipinski definition) is 3. The molecule has 0 saturated carbocycles. The molecule has 0 aliphatic carbocycles. The van der Waals surface area contributed by atoms with E-state index in [0.717, 1.165) is 30.4 Å². The van der Waals surface area contributed by atoms with E-state index in [4.69, 9.17) is 4.74 Å². The number of carbonyl (C=O) groups is 1. The number of ether oxygens (including phenoxy) is 1. The Bertz CT molecular complexity index is 602. The van der Waals surface area contributed by atoms with E-state index in [9.17, 15) is 4.79 Å². The van der Waals surface area contributed by atoms with Gasteiger partial charge in [0.25, 0.3) is 0 Å². The van der Waals surface area contributed by atoms with E-state index < -0.39 is 0 Å². The minimum absolute atomic E-state index is 0.231. The van der Waals surface area contributed by atoms with Crippen molar-refractivity contribution in [3.05, 3.63) is 65.0 Å². The van der Waals surface area contributed by atoms with Gasteiger partial charge in [-0.15, -0.1) is 0 Å². The Kier molecular flexibility index (Phi) is 5.70. The maximum atomic E-state index is 12.2. The maximum Gasteiger partial charge on any atom is 0.357 e. The van der Waals surface area contributed by atoms with Crippen molar-refractivity contribution in [2.24, 2.45) is 0 Å². The fourth-order valence-corrected chi connectivity index (χ4v) is 2.34. The lowest BCUT2D eigenvalue weighted by molar-refractivity contribution is 0.0281. The molecule has 0 spiro atoms. The first-order chi connectivity index (χ1) is 10.6. The molecule has 0 fully saturated rings. The van der Waals surface area contributed by atoms with Gasteiger partial charge < -0.3 is 4.74 Å². The monoisotopic (exact) mass is 297 g/mol. The quantitative estimate of drug-likeness (QED) is 0.728. The van der Waals surface area contributed by atoms with E-state index in [1.165, 1.54) is 5.56 Å². The number of benzene rings is 1. The van der Waals surface area contributed by atoms with Crippen LogP contribution in [0.1, 0.15) is 60.0 Å². The molecule has 2 rings (SSSR count). The third-order valence-electron chi connectivity index (χ3n) is 3.64. The van der Waals surface area contributed by atoms with Gasteiger partial charge in [-0.2, -0.15) is 0 Å². The smallest absolute Gasteiger partial charge is 0.357 e. The fourth-order valence-electron chi connectivity index (χ4n) is 2.34. The highest BCUT2D eigenvalue weighted by molar-refractivity contribution is 5.87. The molecule has 1 aromatic heterocycles. The SMILES string of the molecule is CCCc1ccc(C(=O)OC(CC)c2ccc(C)cc2)nc1.